The third kappa shape index (κ3) is 6.33. The van der Waals surface area contributed by atoms with Crippen LogP contribution in [0.15, 0.2) is 12.2 Å². The molecule has 96 valence electrons. The van der Waals surface area contributed by atoms with Gasteiger partial charge in [0.15, 0.2) is 0 Å². The van der Waals surface area contributed by atoms with Crippen LogP contribution < -0.4 is 0 Å². The standard InChI is InChI=1S/C11H17NO4S/c1-15-10(13)2-3-11(14)16-7-4-12-5-8-17-9-6-12/h2-3H,4-9H2,1H3. The zero-order valence-electron chi connectivity index (χ0n) is 9.89. The number of carbonyl (C=O) groups is 2. The van der Waals surface area contributed by atoms with Gasteiger partial charge in [0.2, 0.25) is 0 Å². The summed E-state index contributed by atoms with van der Waals surface area (Å²) in [5.74, 6) is 1.20. The zero-order valence-corrected chi connectivity index (χ0v) is 10.7. The van der Waals surface area contributed by atoms with Crippen molar-refractivity contribution in [1.82, 2.24) is 4.90 Å². The quantitative estimate of drug-likeness (QED) is 0.523. The highest BCUT2D eigenvalue weighted by atomic mass is 32.2. The predicted octanol–water partition coefficient (Wildman–Crippen LogP) is 0.308. The molecule has 1 fully saturated rings. The first-order chi connectivity index (χ1) is 8.22. The second-order valence-corrected chi connectivity index (χ2v) is 4.70. The van der Waals surface area contributed by atoms with Crippen molar-refractivity contribution < 1.29 is 19.1 Å². The highest BCUT2D eigenvalue weighted by Crippen LogP contribution is 2.08. The molecule has 0 saturated carbocycles. The van der Waals surface area contributed by atoms with E-state index in [2.05, 4.69) is 9.64 Å². The summed E-state index contributed by atoms with van der Waals surface area (Å²) in [4.78, 5) is 24.1. The topological polar surface area (TPSA) is 55.8 Å². The van der Waals surface area contributed by atoms with Crippen LogP contribution in [0.25, 0.3) is 0 Å². The van der Waals surface area contributed by atoms with Crippen LogP contribution in [-0.4, -0.2) is 61.7 Å². The highest BCUT2D eigenvalue weighted by molar-refractivity contribution is 7.99. The molecule has 17 heavy (non-hydrogen) atoms. The Kier molecular flexibility index (Phi) is 6.73. The molecule has 1 aliphatic heterocycles. The summed E-state index contributed by atoms with van der Waals surface area (Å²) in [6.07, 6.45) is 2.14. The smallest absolute Gasteiger partial charge is 0.331 e. The fourth-order valence-corrected chi connectivity index (χ4v) is 2.33. The molecular formula is C11H17NO4S. The SMILES string of the molecule is COC(=O)C=CC(=O)OCCN1CCSCC1. The number of ether oxygens (including phenoxy) is 2. The van der Waals surface area contributed by atoms with Gasteiger partial charge in [0.05, 0.1) is 7.11 Å². The van der Waals surface area contributed by atoms with Gasteiger partial charge >= 0.3 is 11.9 Å². The molecule has 6 heteroatoms. The van der Waals surface area contributed by atoms with Gasteiger partial charge in [-0.25, -0.2) is 9.59 Å². The molecule has 0 aromatic carbocycles. The molecule has 0 amide bonds. The maximum atomic E-state index is 11.2. The Labute approximate surface area is 105 Å². The average molecular weight is 259 g/mol. The third-order valence-electron chi connectivity index (χ3n) is 2.31. The molecule has 1 rings (SSSR count). The van der Waals surface area contributed by atoms with E-state index < -0.39 is 11.9 Å². The van der Waals surface area contributed by atoms with Gasteiger partial charge in [0, 0.05) is 43.3 Å². The van der Waals surface area contributed by atoms with Crippen LogP contribution in [0.4, 0.5) is 0 Å². The van der Waals surface area contributed by atoms with Gasteiger partial charge in [-0.2, -0.15) is 11.8 Å². The molecule has 0 aliphatic carbocycles. The lowest BCUT2D eigenvalue weighted by molar-refractivity contribution is -0.139. The van der Waals surface area contributed by atoms with Crippen molar-refractivity contribution >= 4 is 23.7 Å². The Hall–Kier alpha value is -1.01. The summed E-state index contributed by atoms with van der Waals surface area (Å²) in [5.41, 5.74) is 0. The Morgan fingerprint density at radius 2 is 1.88 bits per heavy atom. The van der Waals surface area contributed by atoms with Gasteiger partial charge in [0.25, 0.3) is 0 Å². The van der Waals surface area contributed by atoms with E-state index in [-0.39, 0.29) is 0 Å². The molecule has 0 spiro atoms. The average Bonchev–Trinajstić information content (AvgIpc) is 2.37. The van der Waals surface area contributed by atoms with Crippen LogP contribution in [0.2, 0.25) is 0 Å². The Morgan fingerprint density at radius 1 is 1.24 bits per heavy atom. The van der Waals surface area contributed by atoms with Crippen molar-refractivity contribution in [3.05, 3.63) is 12.2 Å². The number of carbonyl (C=O) groups excluding carboxylic acids is 2. The van der Waals surface area contributed by atoms with Crippen molar-refractivity contribution in [2.75, 3.05) is 44.9 Å². The summed E-state index contributed by atoms with van der Waals surface area (Å²) in [6, 6.07) is 0. The Morgan fingerprint density at radius 3 is 2.53 bits per heavy atom. The predicted molar refractivity (Wildman–Crippen MR) is 65.9 cm³/mol. The van der Waals surface area contributed by atoms with Crippen LogP contribution in [0.3, 0.4) is 0 Å². The fraction of sp³-hybridized carbons (Fsp3) is 0.636. The normalized spacial score (nSPS) is 17.0. The van der Waals surface area contributed by atoms with Gasteiger partial charge in [-0.05, 0) is 0 Å². The number of rotatable bonds is 5. The summed E-state index contributed by atoms with van der Waals surface area (Å²) in [6.45, 7) is 3.19. The second kappa shape index (κ2) is 8.14. The van der Waals surface area contributed by atoms with Crippen LogP contribution in [0, 0.1) is 0 Å². The molecule has 0 aromatic rings. The van der Waals surface area contributed by atoms with Gasteiger partial charge < -0.3 is 9.47 Å². The minimum Gasteiger partial charge on any atom is -0.466 e. The fourth-order valence-electron chi connectivity index (χ4n) is 1.35. The maximum Gasteiger partial charge on any atom is 0.331 e. The molecule has 1 aliphatic rings. The molecule has 5 nitrogen and oxygen atoms in total. The second-order valence-electron chi connectivity index (χ2n) is 3.48. The molecule has 0 bridgehead atoms. The molecule has 1 heterocycles. The summed E-state index contributed by atoms with van der Waals surface area (Å²) < 4.78 is 9.31. The largest absolute Gasteiger partial charge is 0.466 e. The molecule has 0 N–H and O–H groups in total. The van der Waals surface area contributed by atoms with Crippen LogP contribution in [-0.2, 0) is 19.1 Å². The molecular weight excluding hydrogens is 242 g/mol. The minimum absolute atomic E-state index is 0.356. The lowest BCUT2D eigenvalue weighted by Gasteiger charge is -2.25. The van der Waals surface area contributed by atoms with Crippen molar-refractivity contribution in [2.24, 2.45) is 0 Å². The van der Waals surface area contributed by atoms with Gasteiger partial charge in [-0.15, -0.1) is 0 Å². The van der Waals surface area contributed by atoms with Crippen molar-refractivity contribution in [3.63, 3.8) is 0 Å². The van der Waals surface area contributed by atoms with E-state index in [9.17, 15) is 9.59 Å². The number of hydrogen-bond acceptors (Lipinski definition) is 6. The van der Waals surface area contributed by atoms with E-state index in [4.69, 9.17) is 4.74 Å². The molecule has 0 aromatic heterocycles. The Balaban J connectivity index is 2.11. The molecule has 0 radical (unpaired) electrons. The van der Waals surface area contributed by atoms with Crippen LogP contribution in [0.5, 0.6) is 0 Å². The first-order valence-electron chi connectivity index (χ1n) is 5.45. The van der Waals surface area contributed by atoms with E-state index in [1.165, 1.54) is 7.11 Å². The number of esters is 2. The van der Waals surface area contributed by atoms with Crippen LogP contribution in [0.1, 0.15) is 0 Å². The summed E-state index contributed by atoms with van der Waals surface area (Å²) in [7, 11) is 1.26. The van der Waals surface area contributed by atoms with E-state index >= 15 is 0 Å². The van der Waals surface area contributed by atoms with E-state index in [1.807, 2.05) is 11.8 Å². The monoisotopic (exact) mass is 259 g/mol. The number of nitrogens with zero attached hydrogens (tertiary/aromatic N) is 1. The molecule has 1 saturated heterocycles. The lowest BCUT2D eigenvalue weighted by Crippen LogP contribution is -2.35. The van der Waals surface area contributed by atoms with Crippen molar-refractivity contribution in [2.45, 2.75) is 0 Å². The first kappa shape index (κ1) is 14.1. The minimum atomic E-state index is -0.560. The first-order valence-corrected chi connectivity index (χ1v) is 6.60. The van der Waals surface area contributed by atoms with Crippen molar-refractivity contribution in [3.8, 4) is 0 Å². The number of thioether (sulfide) groups is 1. The summed E-state index contributed by atoms with van der Waals surface area (Å²) >= 11 is 1.94. The van der Waals surface area contributed by atoms with Gasteiger partial charge in [0.1, 0.15) is 6.61 Å². The maximum absolute atomic E-state index is 11.2. The Bertz CT molecular complexity index is 287. The summed E-state index contributed by atoms with van der Waals surface area (Å²) in [5, 5.41) is 0. The highest BCUT2D eigenvalue weighted by Gasteiger charge is 2.10. The van der Waals surface area contributed by atoms with Gasteiger partial charge in [-0.1, -0.05) is 0 Å². The number of methoxy groups -OCH3 is 1. The van der Waals surface area contributed by atoms with E-state index in [1.54, 1.807) is 0 Å². The van der Waals surface area contributed by atoms with Crippen molar-refractivity contribution in [1.29, 1.82) is 0 Å². The number of hydrogen-bond donors (Lipinski definition) is 0. The van der Waals surface area contributed by atoms with Crippen LogP contribution >= 0.6 is 11.8 Å². The lowest BCUT2D eigenvalue weighted by atomic mass is 10.4. The molecule has 0 unspecified atom stereocenters. The third-order valence-corrected chi connectivity index (χ3v) is 3.25. The zero-order chi connectivity index (χ0) is 12.5. The van der Waals surface area contributed by atoms with Gasteiger partial charge in [-0.3, -0.25) is 4.90 Å². The van der Waals surface area contributed by atoms with E-state index in [0.717, 1.165) is 43.3 Å². The van der Waals surface area contributed by atoms with E-state index in [0.29, 0.717) is 6.61 Å². The molecule has 0 atom stereocenters.